The summed E-state index contributed by atoms with van der Waals surface area (Å²) >= 11 is 0. The Hall–Kier alpha value is -2.03. The molecule has 0 aliphatic carbocycles. The van der Waals surface area contributed by atoms with Gasteiger partial charge in [-0.15, -0.1) is 6.42 Å². The summed E-state index contributed by atoms with van der Waals surface area (Å²) in [7, 11) is 0. The first-order chi connectivity index (χ1) is 11.6. The molecule has 1 aromatic carbocycles. The summed E-state index contributed by atoms with van der Waals surface area (Å²) in [5.41, 5.74) is 2.22. The lowest BCUT2D eigenvalue weighted by Gasteiger charge is -2.20. The van der Waals surface area contributed by atoms with Crippen molar-refractivity contribution in [1.29, 1.82) is 0 Å². The summed E-state index contributed by atoms with van der Waals surface area (Å²) < 4.78 is 5.31. The fraction of sp³-hybridized carbons (Fsp3) is 0.526. The molecule has 0 spiro atoms. The average molecular weight is 334 g/mol. The molecular weight excluding hydrogens is 304 g/mol. The number of nitrogens with zero attached hydrogens (tertiary/aromatic N) is 1. The van der Waals surface area contributed by atoms with E-state index in [1.165, 1.54) is 10.5 Å². The summed E-state index contributed by atoms with van der Waals surface area (Å²) in [4.78, 5) is 13.1. The minimum Gasteiger partial charge on any atom is -0.410 e. The minimum atomic E-state index is -0.565. The van der Waals surface area contributed by atoms with E-state index in [-0.39, 0.29) is 12.8 Å². The lowest BCUT2D eigenvalue weighted by Crippen LogP contribution is -2.34. The highest BCUT2D eigenvalue weighted by molar-refractivity contribution is 5.70. The third kappa shape index (κ3) is 6.61. The Morgan fingerprint density at radius 1 is 1.42 bits per heavy atom. The highest BCUT2D eigenvalue weighted by Gasteiger charge is 2.15. The molecule has 0 fully saturated rings. The van der Waals surface area contributed by atoms with Gasteiger partial charge in [-0.1, -0.05) is 32.8 Å². The van der Waals surface area contributed by atoms with Gasteiger partial charge in [-0.3, -0.25) is 10.2 Å². The third-order valence-corrected chi connectivity index (χ3v) is 3.49. The number of aliphatic hydroxyl groups is 1. The highest BCUT2D eigenvalue weighted by Crippen LogP contribution is 2.24. The molecule has 1 amide bonds. The number of carbonyl (C=O) groups excluding carboxylic acids is 1. The maximum Gasteiger partial charge on any atom is 0.417 e. The Balaban J connectivity index is 0.00000254. The van der Waals surface area contributed by atoms with Gasteiger partial charge in [-0.2, -0.15) is 0 Å². The molecule has 5 heteroatoms. The Labute approximate surface area is 146 Å². The number of amides is 1. The number of hydrogen-bond acceptors (Lipinski definition) is 4. The molecule has 0 heterocycles. The average Bonchev–Trinajstić information content (AvgIpc) is 2.62. The Morgan fingerprint density at radius 3 is 2.58 bits per heavy atom. The summed E-state index contributed by atoms with van der Waals surface area (Å²) in [6, 6.07) is 5.61. The van der Waals surface area contributed by atoms with Gasteiger partial charge < -0.3 is 9.84 Å². The van der Waals surface area contributed by atoms with Crippen LogP contribution in [0.25, 0.3) is 0 Å². The normalized spacial score (nSPS) is 10.9. The molecule has 24 heavy (non-hydrogen) atoms. The van der Waals surface area contributed by atoms with Crippen molar-refractivity contribution in [2.24, 2.45) is 0 Å². The smallest absolute Gasteiger partial charge is 0.410 e. The number of hydrogen-bond donors (Lipinski definition) is 2. The molecule has 0 aliphatic rings. The van der Waals surface area contributed by atoms with Gasteiger partial charge in [0.1, 0.15) is 12.5 Å². The Morgan fingerprint density at radius 2 is 2.08 bits per heavy atom. The number of ether oxygens (including phenoxy) is 1. The van der Waals surface area contributed by atoms with Gasteiger partial charge in [-0.25, -0.2) is 4.79 Å². The van der Waals surface area contributed by atoms with Crippen LogP contribution in [0.3, 0.4) is 0 Å². The standard InChI is InChI=1S/C17H24N2O3.C2H6/c1-5-10-18-13(4)16-11-15(9-8-14(16)6-2)22-17(21)19(7-3)12-20;1-2/h1,8-9,11,13,18,20H,6-7,10,12H2,2-4H3;1-2H3/t13-;/m1./s1. The molecule has 5 nitrogen and oxygen atoms in total. The summed E-state index contributed by atoms with van der Waals surface area (Å²) in [6.07, 6.45) is 5.59. The second kappa shape index (κ2) is 12.4. The summed E-state index contributed by atoms with van der Waals surface area (Å²) in [5.74, 6) is 3.01. The molecule has 0 aliphatic heterocycles. The van der Waals surface area contributed by atoms with Gasteiger partial charge in [0.05, 0.1) is 6.54 Å². The molecule has 2 N–H and O–H groups in total. The van der Waals surface area contributed by atoms with Gasteiger partial charge in [0.2, 0.25) is 0 Å². The van der Waals surface area contributed by atoms with Gasteiger partial charge in [0.25, 0.3) is 0 Å². The van der Waals surface area contributed by atoms with Crippen molar-refractivity contribution in [1.82, 2.24) is 10.2 Å². The topological polar surface area (TPSA) is 61.8 Å². The number of terminal acetylenes is 1. The van der Waals surface area contributed by atoms with Crippen molar-refractivity contribution < 1.29 is 14.6 Å². The first-order valence-electron chi connectivity index (χ1n) is 8.44. The van der Waals surface area contributed by atoms with E-state index in [1.54, 1.807) is 13.0 Å². The molecule has 1 atom stereocenters. The van der Waals surface area contributed by atoms with Crippen molar-refractivity contribution in [2.45, 2.75) is 47.1 Å². The number of rotatable bonds is 7. The molecule has 0 unspecified atom stereocenters. The maximum atomic E-state index is 11.9. The molecule has 0 saturated carbocycles. The van der Waals surface area contributed by atoms with Crippen molar-refractivity contribution in [3.63, 3.8) is 0 Å². The summed E-state index contributed by atoms with van der Waals surface area (Å²) in [6.45, 7) is 10.4. The van der Waals surface area contributed by atoms with Crippen LogP contribution in [0.1, 0.15) is 51.8 Å². The second-order valence-electron chi connectivity index (χ2n) is 4.89. The van der Waals surface area contributed by atoms with Gasteiger partial charge in [0, 0.05) is 12.6 Å². The van der Waals surface area contributed by atoms with Crippen LogP contribution >= 0.6 is 0 Å². The van der Waals surface area contributed by atoms with Gasteiger partial charge in [0.15, 0.2) is 0 Å². The second-order valence-corrected chi connectivity index (χ2v) is 4.89. The zero-order valence-corrected chi connectivity index (χ0v) is 15.4. The first-order valence-corrected chi connectivity index (χ1v) is 8.44. The van der Waals surface area contributed by atoms with E-state index < -0.39 is 6.09 Å². The molecule has 1 rings (SSSR count). The largest absolute Gasteiger partial charge is 0.417 e. The fourth-order valence-electron chi connectivity index (χ4n) is 2.14. The Kier molecular flexibility index (Phi) is 11.4. The lowest BCUT2D eigenvalue weighted by atomic mass is 9.99. The van der Waals surface area contributed by atoms with E-state index in [2.05, 4.69) is 18.2 Å². The summed E-state index contributed by atoms with van der Waals surface area (Å²) in [5, 5.41) is 12.3. The maximum absolute atomic E-state index is 11.9. The van der Waals surface area contributed by atoms with E-state index in [0.717, 1.165) is 12.0 Å². The van der Waals surface area contributed by atoms with Crippen molar-refractivity contribution in [3.05, 3.63) is 29.3 Å². The molecule has 0 saturated heterocycles. The van der Waals surface area contributed by atoms with E-state index in [4.69, 9.17) is 16.3 Å². The van der Waals surface area contributed by atoms with Crippen LogP contribution in [0, 0.1) is 12.3 Å². The highest BCUT2D eigenvalue weighted by atomic mass is 16.6. The fourth-order valence-corrected chi connectivity index (χ4v) is 2.14. The number of carbonyl (C=O) groups is 1. The van der Waals surface area contributed by atoms with E-state index in [1.807, 2.05) is 32.9 Å². The van der Waals surface area contributed by atoms with Crippen molar-refractivity contribution >= 4 is 6.09 Å². The molecule has 0 radical (unpaired) electrons. The lowest BCUT2D eigenvalue weighted by molar-refractivity contribution is 0.0973. The zero-order valence-electron chi connectivity index (χ0n) is 15.4. The van der Waals surface area contributed by atoms with Crippen LogP contribution in [-0.2, 0) is 6.42 Å². The number of benzene rings is 1. The van der Waals surface area contributed by atoms with Crippen molar-refractivity contribution in [3.8, 4) is 18.1 Å². The first kappa shape index (κ1) is 22.0. The van der Waals surface area contributed by atoms with Crippen molar-refractivity contribution in [2.75, 3.05) is 19.8 Å². The Bertz CT molecular complexity index is 534. The van der Waals surface area contributed by atoms with Crippen LogP contribution in [0.2, 0.25) is 0 Å². The predicted molar refractivity (Wildman–Crippen MR) is 97.9 cm³/mol. The number of aryl methyl sites for hydroxylation is 1. The van der Waals surface area contributed by atoms with E-state index in [0.29, 0.717) is 18.8 Å². The molecule has 0 bridgehead atoms. The van der Waals surface area contributed by atoms with Crippen LogP contribution in [0.4, 0.5) is 4.79 Å². The van der Waals surface area contributed by atoms with E-state index in [9.17, 15) is 4.79 Å². The van der Waals surface area contributed by atoms with Gasteiger partial charge in [-0.05, 0) is 43.5 Å². The molecular formula is C19H30N2O3. The van der Waals surface area contributed by atoms with E-state index >= 15 is 0 Å². The third-order valence-electron chi connectivity index (χ3n) is 3.49. The number of aliphatic hydroxyl groups excluding tert-OH is 1. The van der Waals surface area contributed by atoms with Crippen LogP contribution in [0.15, 0.2) is 18.2 Å². The van der Waals surface area contributed by atoms with Crippen LogP contribution in [-0.4, -0.2) is 35.9 Å². The molecule has 1 aromatic rings. The number of nitrogens with one attached hydrogen (secondary N) is 1. The van der Waals surface area contributed by atoms with Crippen LogP contribution < -0.4 is 10.1 Å². The zero-order chi connectivity index (χ0) is 18.5. The molecule has 134 valence electrons. The van der Waals surface area contributed by atoms with Crippen LogP contribution in [0.5, 0.6) is 5.75 Å². The monoisotopic (exact) mass is 334 g/mol. The SMILES string of the molecule is C#CCN[C@H](C)c1cc(OC(=O)N(CC)CO)ccc1CC.CC. The van der Waals surface area contributed by atoms with Gasteiger partial charge >= 0.3 is 6.09 Å². The quantitative estimate of drug-likeness (QED) is 0.593. The predicted octanol–water partition coefficient (Wildman–Crippen LogP) is 3.33. The molecule has 0 aromatic heterocycles. The minimum absolute atomic E-state index is 0.0600.